The maximum atomic E-state index is 6.61. The van der Waals surface area contributed by atoms with Crippen LogP contribution in [-0.4, -0.2) is 0 Å². The van der Waals surface area contributed by atoms with Crippen molar-refractivity contribution in [2.45, 2.75) is 0 Å². The molecule has 0 radical (unpaired) electrons. The molecule has 0 N–H and O–H groups in total. The summed E-state index contributed by atoms with van der Waals surface area (Å²) in [6.45, 7) is 0. The smallest absolute Gasteiger partial charge is 0.143 e. The van der Waals surface area contributed by atoms with Gasteiger partial charge in [0.05, 0.1) is 5.69 Å². The molecular weight excluding hydrogens is 823 g/mol. The van der Waals surface area contributed by atoms with Crippen LogP contribution >= 0.6 is 0 Å². The molecule has 2 heteroatoms. The molecule has 0 atom stereocenters. The highest BCUT2D eigenvalue weighted by Gasteiger charge is 2.22. The van der Waals surface area contributed by atoms with Gasteiger partial charge >= 0.3 is 0 Å². The lowest BCUT2D eigenvalue weighted by molar-refractivity contribution is 0.670. The van der Waals surface area contributed by atoms with Crippen molar-refractivity contribution < 1.29 is 4.42 Å². The molecule has 0 unspecified atom stereocenters. The Morgan fingerprint density at radius 1 is 0.265 bits per heavy atom. The van der Waals surface area contributed by atoms with E-state index in [1.807, 2.05) is 6.07 Å². The zero-order valence-electron chi connectivity index (χ0n) is 37.2. The molecular formula is C66H43NO. The second kappa shape index (κ2) is 16.5. The van der Waals surface area contributed by atoms with Gasteiger partial charge in [-0.1, -0.05) is 218 Å². The summed E-state index contributed by atoms with van der Waals surface area (Å²) < 4.78 is 6.61. The van der Waals surface area contributed by atoms with E-state index in [0.29, 0.717) is 0 Å². The zero-order chi connectivity index (χ0) is 45.0. The van der Waals surface area contributed by atoms with Crippen molar-refractivity contribution in [1.29, 1.82) is 0 Å². The number of furan rings is 1. The van der Waals surface area contributed by atoms with Gasteiger partial charge in [0.1, 0.15) is 11.2 Å². The molecule has 12 aromatic carbocycles. The molecule has 0 saturated heterocycles. The number of fused-ring (bicyclic) bond motifs is 7. The Balaban J connectivity index is 1.05. The number of hydrogen-bond donors (Lipinski definition) is 0. The van der Waals surface area contributed by atoms with Gasteiger partial charge in [0.25, 0.3) is 0 Å². The number of nitrogens with zero attached hydrogens (tertiary/aromatic N) is 1. The predicted molar refractivity (Wildman–Crippen MR) is 288 cm³/mol. The zero-order valence-corrected chi connectivity index (χ0v) is 37.2. The van der Waals surface area contributed by atoms with Gasteiger partial charge < -0.3 is 9.32 Å². The third-order valence-corrected chi connectivity index (χ3v) is 13.6. The Labute approximate surface area is 395 Å². The summed E-state index contributed by atoms with van der Waals surface area (Å²) in [4.78, 5) is 2.43. The molecule has 318 valence electrons. The van der Waals surface area contributed by atoms with Crippen LogP contribution in [0.15, 0.2) is 265 Å². The maximum absolute atomic E-state index is 6.61. The molecule has 0 spiro atoms. The molecule has 1 heterocycles. The molecule has 2 nitrogen and oxygen atoms in total. The average Bonchev–Trinajstić information content (AvgIpc) is 3.80. The van der Waals surface area contributed by atoms with Crippen LogP contribution in [0.1, 0.15) is 0 Å². The van der Waals surface area contributed by atoms with E-state index in [1.165, 1.54) is 60.1 Å². The van der Waals surface area contributed by atoms with Crippen molar-refractivity contribution in [1.82, 2.24) is 0 Å². The molecule has 0 aliphatic carbocycles. The summed E-state index contributed by atoms with van der Waals surface area (Å²) in [5.74, 6) is 0. The van der Waals surface area contributed by atoms with Crippen LogP contribution in [-0.2, 0) is 0 Å². The maximum Gasteiger partial charge on any atom is 0.143 e. The van der Waals surface area contributed by atoms with Gasteiger partial charge in [-0.05, 0) is 119 Å². The van der Waals surface area contributed by atoms with E-state index >= 15 is 0 Å². The molecule has 1 aromatic heterocycles. The van der Waals surface area contributed by atoms with Crippen molar-refractivity contribution in [2.24, 2.45) is 0 Å². The Bertz CT molecular complexity index is 4030. The summed E-state index contributed by atoms with van der Waals surface area (Å²) in [6.07, 6.45) is 0. The lowest BCUT2D eigenvalue weighted by Gasteiger charge is -2.29. The van der Waals surface area contributed by atoms with Gasteiger partial charge in [-0.3, -0.25) is 0 Å². The molecule has 0 bridgehead atoms. The SMILES string of the molecule is c1ccc(-c2c(-c3ccccc3)c3cc(-c4ccccc4N(c4cccc(-c5cccc6ccccc56)c4)c4cccc(-c5cccc6c5oc5ccccc56)c4)ccc3c3ccccc23)cc1. The van der Waals surface area contributed by atoms with Gasteiger partial charge in [-0.25, -0.2) is 0 Å². The van der Waals surface area contributed by atoms with Crippen molar-refractivity contribution >= 4 is 71.3 Å². The van der Waals surface area contributed by atoms with Crippen molar-refractivity contribution in [3.05, 3.63) is 261 Å². The molecule has 0 fully saturated rings. The lowest BCUT2D eigenvalue weighted by Crippen LogP contribution is -2.11. The van der Waals surface area contributed by atoms with Gasteiger partial charge in [0, 0.05) is 33.3 Å². The van der Waals surface area contributed by atoms with Gasteiger partial charge in [-0.15, -0.1) is 0 Å². The topological polar surface area (TPSA) is 16.4 Å². The Hall–Kier alpha value is -8.98. The Kier molecular flexibility index (Phi) is 9.54. The first kappa shape index (κ1) is 39.4. The highest BCUT2D eigenvalue weighted by molar-refractivity contribution is 6.22. The second-order valence-corrected chi connectivity index (χ2v) is 17.5. The first-order valence-corrected chi connectivity index (χ1v) is 23.3. The summed E-state index contributed by atoms with van der Waals surface area (Å²) >= 11 is 0. The Morgan fingerprint density at radius 3 is 1.51 bits per heavy atom. The number of hydrogen-bond acceptors (Lipinski definition) is 2. The average molecular weight is 866 g/mol. The molecule has 68 heavy (non-hydrogen) atoms. The standard InChI is InChI=1S/C66H43NO/c1-3-20-45(21-4-1)64-59-33-10-9-31-56(59)57-40-39-49(43-61(57)65(64)46-22-5-2-6-23-46)54-30-11-13-37-62(54)67(50-27-15-25-47(41-50)53-34-17-24-44-19-7-8-29-52(44)53)51-28-16-26-48(42-51)55-35-18-36-60-58-32-12-14-38-63(58)68-66(55)60/h1-43H. The number of benzene rings is 12. The minimum atomic E-state index is 0.890. The van der Waals surface area contributed by atoms with E-state index in [0.717, 1.165) is 66.8 Å². The van der Waals surface area contributed by atoms with Crippen molar-refractivity contribution in [3.63, 3.8) is 0 Å². The van der Waals surface area contributed by atoms with Crippen molar-refractivity contribution in [2.75, 3.05) is 4.90 Å². The fourth-order valence-corrected chi connectivity index (χ4v) is 10.6. The minimum absolute atomic E-state index is 0.890. The minimum Gasteiger partial charge on any atom is -0.455 e. The van der Waals surface area contributed by atoms with Crippen LogP contribution in [0.25, 0.3) is 110 Å². The van der Waals surface area contributed by atoms with Gasteiger partial charge in [0.2, 0.25) is 0 Å². The molecule has 0 amide bonds. The highest BCUT2D eigenvalue weighted by atomic mass is 16.3. The van der Waals surface area contributed by atoms with Crippen LogP contribution in [0.5, 0.6) is 0 Å². The molecule has 13 rings (SSSR count). The van der Waals surface area contributed by atoms with E-state index < -0.39 is 0 Å². The number of anilines is 3. The fraction of sp³-hybridized carbons (Fsp3) is 0. The van der Waals surface area contributed by atoms with Crippen LogP contribution in [0.4, 0.5) is 17.1 Å². The van der Waals surface area contributed by atoms with E-state index in [4.69, 9.17) is 4.42 Å². The summed E-state index contributed by atoms with van der Waals surface area (Å²) in [5.41, 5.74) is 16.6. The molecule has 0 aliphatic heterocycles. The van der Waals surface area contributed by atoms with Gasteiger partial charge in [-0.2, -0.15) is 0 Å². The number of para-hydroxylation sites is 3. The molecule has 13 aromatic rings. The quantitative estimate of drug-likeness (QED) is 0.142. The van der Waals surface area contributed by atoms with Crippen LogP contribution in [0.2, 0.25) is 0 Å². The van der Waals surface area contributed by atoms with E-state index in [9.17, 15) is 0 Å². The third kappa shape index (κ3) is 6.65. The second-order valence-electron chi connectivity index (χ2n) is 17.5. The van der Waals surface area contributed by atoms with Crippen molar-refractivity contribution in [3.8, 4) is 55.6 Å². The number of rotatable bonds is 8. The normalized spacial score (nSPS) is 11.5. The first-order chi connectivity index (χ1) is 33.7. The lowest BCUT2D eigenvalue weighted by atomic mass is 9.84. The summed E-state index contributed by atoms with van der Waals surface area (Å²) in [5, 5.41) is 9.61. The van der Waals surface area contributed by atoms with Crippen LogP contribution in [0, 0.1) is 0 Å². The van der Waals surface area contributed by atoms with Crippen LogP contribution in [0.3, 0.4) is 0 Å². The van der Waals surface area contributed by atoms with E-state index in [-0.39, 0.29) is 0 Å². The third-order valence-electron chi connectivity index (χ3n) is 13.6. The van der Waals surface area contributed by atoms with Crippen LogP contribution < -0.4 is 4.90 Å². The van der Waals surface area contributed by atoms with E-state index in [1.54, 1.807) is 0 Å². The Morgan fingerprint density at radius 2 is 0.750 bits per heavy atom. The van der Waals surface area contributed by atoms with E-state index in [2.05, 4.69) is 260 Å². The summed E-state index contributed by atoms with van der Waals surface area (Å²) in [7, 11) is 0. The summed E-state index contributed by atoms with van der Waals surface area (Å²) in [6, 6.07) is 94.6. The van der Waals surface area contributed by atoms with Gasteiger partial charge in [0.15, 0.2) is 0 Å². The first-order valence-electron chi connectivity index (χ1n) is 23.3. The highest BCUT2D eigenvalue weighted by Crippen LogP contribution is 2.48. The fourth-order valence-electron chi connectivity index (χ4n) is 10.6. The largest absolute Gasteiger partial charge is 0.455 e. The molecule has 0 saturated carbocycles. The molecule has 0 aliphatic rings. The monoisotopic (exact) mass is 865 g/mol. The predicted octanol–water partition coefficient (Wildman–Crippen LogP) is 18.9.